The predicted octanol–water partition coefficient (Wildman–Crippen LogP) is 3.72. The van der Waals surface area contributed by atoms with Gasteiger partial charge in [0.15, 0.2) is 5.78 Å². The fourth-order valence-corrected chi connectivity index (χ4v) is 3.75. The quantitative estimate of drug-likeness (QED) is 0.778. The number of Topliss-reactive ketones (excluding diaryl/α,β-unsaturated/α-hetero) is 1. The molecule has 1 aliphatic rings. The zero-order valence-corrected chi connectivity index (χ0v) is 15.8. The zero-order chi connectivity index (χ0) is 18.7. The molecule has 2 N–H and O–H groups in total. The standard InChI is InChI=1S/C21H27N3O2/c1-14-19(16(3)25)15(2)22-20(14)21(26)23-18-8-6-17(7-9-18)10-13-24-11-4-5-12-24/h6-9,22H,4-5,10-13H2,1-3H3,(H,23,26). The number of carbonyl (C=O) groups is 2. The van der Waals surface area contributed by atoms with E-state index in [1.54, 1.807) is 6.92 Å². The van der Waals surface area contributed by atoms with Crippen LogP contribution in [0.5, 0.6) is 0 Å². The van der Waals surface area contributed by atoms with Gasteiger partial charge in [-0.2, -0.15) is 0 Å². The molecule has 1 aromatic carbocycles. The van der Waals surface area contributed by atoms with Crippen LogP contribution < -0.4 is 5.32 Å². The van der Waals surface area contributed by atoms with E-state index >= 15 is 0 Å². The van der Waals surface area contributed by atoms with Crippen molar-refractivity contribution < 1.29 is 9.59 Å². The molecule has 0 bridgehead atoms. The number of nitrogens with zero attached hydrogens (tertiary/aromatic N) is 1. The smallest absolute Gasteiger partial charge is 0.272 e. The van der Waals surface area contributed by atoms with E-state index < -0.39 is 0 Å². The number of likely N-dealkylation sites (tertiary alicyclic amines) is 1. The summed E-state index contributed by atoms with van der Waals surface area (Å²) in [7, 11) is 0. The Morgan fingerprint density at radius 3 is 2.35 bits per heavy atom. The summed E-state index contributed by atoms with van der Waals surface area (Å²) < 4.78 is 0. The van der Waals surface area contributed by atoms with Crippen LogP contribution >= 0.6 is 0 Å². The van der Waals surface area contributed by atoms with Gasteiger partial charge in [0.25, 0.3) is 5.91 Å². The molecule has 2 heterocycles. The molecule has 0 atom stereocenters. The molecule has 1 aromatic heterocycles. The monoisotopic (exact) mass is 353 g/mol. The number of hydrogen-bond acceptors (Lipinski definition) is 3. The number of rotatable bonds is 6. The molecule has 1 fully saturated rings. The minimum atomic E-state index is -0.220. The van der Waals surface area contributed by atoms with E-state index in [1.165, 1.54) is 38.4 Å². The van der Waals surface area contributed by atoms with Gasteiger partial charge in [0.2, 0.25) is 0 Å². The SMILES string of the molecule is CC(=O)c1c(C)[nH]c(C(=O)Nc2ccc(CCN3CCCC3)cc2)c1C. The summed E-state index contributed by atoms with van der Waals surface area (Å²) in [6.45, 7) is 8.66. The van der Waals surface area contributed by atoms with Crippen LogP contribution in [0.3, 0.4) is 0 Å². The van der Waals surface area contributed by atoms with Crippen LogP contribution in [-0.2, 0) is 6.42 Å². The molecule has 0 radical (unpaired) electrons. The summed E-state index contributed by atoms with van der Waals surface area (Å²) in [6, 6.07) is 8.02. The van der Waals surface area contributed by atoms with Crippen molar-refractivity contribution in [3.05, 3.63) is 52.3 Å². The Labute approximate surface area is 154 Å². The van der Waals surface area contributed by atoms with E-state index in [1.807, 2.05) is 19.1 Å². The van der Waals surface area contributed by atoms with Crippen molar-refractivity contribution in [2.24, 2.45) is 0 Å². The van der Waals surface area contributed by atoms with E-state index in [-0.39, 0.29) is 11.7 Å². The van der Waals surface area contributed by atoms with Crippen LogP contribution in [0.25, 0.3) is 0 Å². The maximum atomic E-state index is 12.5. The van der Waals surface area contributed by atoms with E-state index in [2.05, 4.69) is 27.3 Å². The topological polar surface area (TPSA) is 65.2 Å². The number of aromatic amines is 1. The van der Waals surface area contributed by atoms with Crippen LogP contribution in [0.4, 0.5) is 5.69 Å². The molecular weight excluding hydrogens is 326 g/mol. The average molecular weight is 353 g/mol. The highest BCUT2D eigenvalue weighted by Gasteiger charge is 2.19. The summed E-state index contributed by atoms with van der Waals surface area (Å²) in [6.07, 6.45) is 3.66. The number of carbonyl (C=O) groups excluding carboxylic acids is 2. The van der Waals surface area contributed by atoms with Crippen molar-refractivity contribution in [3.63, 3.8) is 0 Å². The zero-order valence-electron chi connectivity index (χ0n) is 15.8. The van der Waals surface area contributed by atoms with Gasteiger partial charge in [-0.1, -0.05) is 12.1 Å². The highest BCUT2D eigenvalue weighted by Crippen LogP contribution is 2.20. The van der Waals surface area contributed by atoms with Crippen molar-refractivity contribution in [2.75, 3.05) is 25.0 Å². The number of anilines is 1. The molecule has 1 amide bonds. The van der Waals surface area contributed by atoms with Gasteiger partial charge in [-0.3, -0.25) is 9.59 Å². The molecule has 138 valence electrons. The van der Waals surface area contributed by atoms with Gasteiger partial charge in [-0.25, -0.2) is 0 Å². The van der Waals surface area contributed by atoms with Crippen LogP contribution in [0.1, 0.15) is 57.4 Å². The van der Waals surface area contributed by atoms with Crippen molar-refractivity contribution in [3.8, 4) is 0 Å². The van der Waals surface area contributed by atoms with E-state index in [0.29, 0.717) is 16.8 Å². The lowest BCUT2D eigenvalue weighted by atomic mass is 10.1. The third-order valence-electron chi connectivity index (χ3n) is 5.14. The minimum Gasteiger partial charge on any atom is -0.354 e. The molecule has 0 spiro atoms. The molecule has 2 aromatic rings. The Morgan fingerprint density at radius 2 is 1.77 bits per heavy atom. The number of aryl methyl sites for hydroxylation is 1. The average Bonchev–Trinajstić information content (AvgIpc) is 3.22. The van der Waals surface area contributed by atoms with Crippen molar-refractivity contribution in [1.29, 1.82) is 0 Å². The summed E-state index contributed by atoms with van der Waals surface area (Å²) in [5.41, 5.74) is 4.53. The number of benzene rings is 1. The van der Waals surface area contributed by atoms with Gasteiger partial charge < -0.3 is 15.2 Å². The lowest BCUT2D eigenvalue weighted by Crippen LogP contribution is -2.21. The molecule has 5 nitrogen and oxygen atoms in total. The number of H-pyrrole nitrogens is 1. The highest BCUT2D eigenvalue weighted by atomic mass is 16.2. The lowest BCUT2D eigenvalue weighted by molar-refractivity contribution is 0.101. The minimum absolute atomic E-state index is 0.0299. The van der Waals surface area contributed by atoms with Gasteiger partial charge in [-0.15, -0.1) is 0 Å². The molecule has 1 saturated heterocycles. The third kappa shape index (κ3) is 4.05. The first kappa shape index (κ1) is 18.4. The number of nitrogens with one attached hydrogen (secondary N) is 2. The van der Waals surface area contributed by atoms with Crippen LogP contribution in [-0.4, -0.2) is 41.2 Å². The molecule has 5 heteroatoms. The Kier molecular flexibility index (Phi) is 5.57. The molecular formula is C21H27N3O2. The second kappa shape index (κ2) is 7.87. The molecule has 0 aliphatic carbocycles. The number of aromatic nitrogens is 1. The maximum Gasteiger partial charge on any atom is 0.272 e. The molecule has 26 heavy (non-hydrogen) atoms. The lowest BCUT2D eigenvalue weighted by Gasteiger charge is -2.14. The number of hydrogen-bond donors (Lipinski definition) is 2. The van der Waals surface area contributed by atoms with Gasteiger partial charge in [0.05, 0.1) is 0 Å². The molecule has 0 saturated carbocycles. The molecule has 1 aliphatic heterocycles. The van der Waals surface area contributed by atoms with E-state index in [9.17, 15) is 9.59 Å². The summed E-state index contributed by atoms with van der Waals surface area (Å²) in [5.74, 6) is -0.249. The van der Waals surface area contributed by atoms with E-state index in [4.69, 9.17) is 0 Å². The fourth-order valence-electron chi connectivity index (χ4n) is 3.75. The van der Waals surface area contributed by atoms with Crippen LogP contribution in [0.2, 0.25) is 0 Å². The fraction of sp³-hybridized carbons (Fsp3) is 0.429. The summed E-state index contributed by atoms with van der Waals surface area (Å²) in [5, 5.41) is 2.91. The first-order chi connectivity index (χ1) is 12.5. The molecule has 0 unspecified atom stereocenters. The number of ketones is 1. The van der Waals surface area contributed by atoms with Crippen molar-refractivity contribution in [2.45, 2.75) is 40.0 Å². The van der Waals surface area contributed by atoms with Gasteiger partial charge >= 0.3 is 0 Å². The third-order valence-corrected chi connectivity index (χ3v) is 5.14. The van der Waals surface area contributed by atoms with Gasteiger partial charge in [0.1, 0.15) is 5.69 Å². The normalized spacial score (nSPS) is 14.6. The number of amides is 1. The summed E-state index contributed by atoms with van der Waals surface area (Å²) in [4.78, 5) is 29.8. The Bertz CT molecular complexity index is 799. The predicted molar refractivity (Wildman–Crippen MR) is 104 cm³/mol. The largest absolute Gasteiger partial charge is 0.354 e. The van der Waals surface area contributed by atoms with Gasteiger partial charge in [0, 0.05) is 23.5 Å². The first-order valence-corrected chi connectivity index (χ1v) is 9.28. The molecule has 3 rings (SSSR count). The Morgan fingerprint density at radius 1 is 1.12 bits per heavy atom. The van der Waals surface area contributed by atoms with Crippen LogP contribution in [0.15, 0.2) is 24.3 Å². The van der Waals surface area contributed by atoms with Crippen molar-refractivity contribution in [1.82, 2.24) is 9.88 Å². The Balaban J connectivity index is 1.62. The van der Waals surface area contributed by atoms with Crippen LogP contribution in [0, 0.1) is 13.8 Å². The Hall–Kier alpha value is -2.40. The highest BCUT2D eigenvalue weighted by molar-refractivity contribution is 6.07. The van der Waals surface area contributed by atoms with Crippen molar-refractivity contribution >= 4 is 17.4 Å². The summed E-state index contributed by atoms with van der Waals surface area (Å²) >= 11 is 0. The van der Waals surface area contributed by atoms with E-state index in [0.717, 1.165) is 24.3 Å². The maximum absolute atomic E-state index is 12.5. The second-order valence-electron chi connectivity index (χ2n) is 7.13. The second-order valence-corrected chi connectivity index (χ2v) is 7.13. The van der Waals surface area contributed by atoms with Gasteiger partial charge in [-0.05, 0) is 76.4 Å². The first-order valence-electron chi connectivity index (χ1n) is 9.28.